The molecule has 1 aromatic carbocycles. The fourth-order valence-electron chi connectivity index (χ4n) is 3.26. The molecule has 138 valence electrons. The van der Waals surface area contributed by atoms with Gasteiger partial charge in [-0.2, -0.15) is 5.10 Å². The Morgan fingerprint density at radius 1 is 1.15 bits per heavy atom. The number of carbonyl (C=O) groups is 1. The summed E-state index contributed by atoms with van der Waals surface area (Å²) in [5.41, 5.74) is 2.10. The van der Waals surface area contributed by atoms with Gasteiger partial charge in [-0.15, -0.1) is 0 Å². The van der Waals surface area contributed by atoms with Crippen LogP contribution in [0.25, 0.3) is 11.3 Å². The molecule has 1 amide bonds. The standard InChI is InChI=1S/C20H20ClN5O/c21-15-6-4-14(5-7-15)17-13-18(25-24-17)20(27)23-16-8-11-26(12-9-16)19-3-1-2-10-22-19/h1-7,10,13,16H,8-9,11-12H2,(H,23,27)(H,24,25). The van der Waals surface area contributed by atoms with Gasteiger partial charge in [0.2, 0.25) is 0 Å². The molecule has 1 aliphatic rings. The average Bonchev–Trinajstić information content (AvgIpc) is 3.20. The van der Waals surface area contributed by atoms with E-state index in [-0.39, 0.29) is 11.9 Å². The van der Waals surface area contributed by atoms with Gasteiger partial charge in [-0.05, 0) is 43.2 Å². The van der Waals surface area contributed by atoms with Crippen LogP contribution < -0.4 is 10.2 Å². The minimum absolute atomic E-state index is 0.126. The number of nitrogens with one attached hydrogen (secondary N) is 2. The minimum Gasteiger partial charge on any atom is -0.356 e. The summed E-state index contributed by atoms with van der Waals surface area (Å²) in [6, 6.07) is 15.2. The van der Waals surface area contributed by atoms with Crippen molar-refractivity contribution in [3.05, 3.63) is 65.4 Å². The third-order valence-electron chi connectivity index (χ3n) is 4.77. The van der Waals surface area contributed by atoms with Gasteiger partial charge < -0.3 is 10.2 Å². The third-order valence-corrected chi connectivity index (χ3v) is 5.02. The van der Waals surface area contributed by atoms with Crippen molar-refractivity contribution in [3.63, 3.8) is 0 Å². The lowest BCUT2D eigenvalue weighted by atomic mass is 10.0. The van der Waals surface area contributed by atoms with Crippen molar-refractivity contribution < 1.29 is 4.79 Å². The largest absolute Gasteiger partial charge is 0.356 e. The first-order valence-electron chi connectivity index (χ1n) is 8.97. The number of hydrogen-bond donors (Lipinski definition) is 2. The molecule has 0 bridgehead atoms. The van der Waals surface area contributed by atoms with Crippen molar-refractivity contribution >= 4 is 23.3 Å². The zero-order valence-corrected chi connectivity index (χ0v) is 15.5. The van der Waals surface area contributed by atoms with E-state index < -0.39 is 0 Å². The SMILES string of the molecule is O=C(NC1CCN(c2ccccn2)CC1)c1cc(-c2ccc(Cl)cc2)n[nH]1. The lowest BCUT2D eigenvalue weighted by molar-refractivity contribution is 0.0926. The first kappa shape index (κ1) is 17.5. The Labute approximate surface area is 162 Å². The molecule has 0 radical (unpaired) electrons. The van der Waals surface area contributed by atoms with Gasteiger partial charge in [0.25, 0.3) is 5.91 Å². The Balaban J connectivity index is 1.34. The fourth-order valence-corrected chi connectivity index (χ4v) is 3.39. The normalized spacial score (nSPS) is 14.9. The molecule has 2 N–H and O–H groups in total. The Hall–Kier alpha value is -2.86. The lowest BCUT2D eigenvalue weighted by Crippen LogP contribution is -2.45. The summed E-state index contributed by atoms with van der Waals surface area (Å²) < 4.78 is 0. The highest BCUT2D eigenvalue weighted by Crippen LogP contribution is 2.21. The molecule has 1 saturated heterocycles. The summed E-state index contributed by atoms with van der Waals surface area (Å²) in [7, 11) is 0. The predicted octanol–water partition coefficient (Wildman–Crippen LogP) is 3.52. The van der Waals surface area contributed by atoms with E-state index >= 15 is 0 Å². The van der Waals surface area contributed by atoms with E-state index in [4.69, 9.17) is 11.6 Å². The molecule has 3 heterocycles. The van der Waals surface area contributed by atoms with Crippen molar-refractivity contribution in [1.82, 2.24) is 20.5 Å². The van der Waals surface area contributed by atoms with Crippen LogP contribution in [-0.2, 0) is 0 Å². The Bertz CT molecular complexity index is 902. The summed E-state index contributed by atoms with van der Waals surface area (Å²) in [6.45, 7) is 1.75. The number of carbonyl (C=O) groups excluding carboxylic acids is 1. The van der Waals surface area contributed by atoms with E-state index in [9.17, 15) is 4.79 Å². The van der Waals surface area contributed by atoms with E-state index in [0.717, 1.165) is 43.0 Å². The van der Waals surface area contributed by atoms with Crippen LogP contribution in [0.4, 0.5) is 5.82 Å². The maximum atomic E-state index is 12.5. The molecule has 7 heteroatoms. The van der Waals surface area contributed by atoms with Gasteiger partial charge in [0.05, 0.1) is 5.69 Å². The molecule has 1 fully saturated rings. The average molecular weight is 382 g/mol. The maximum absolute atomic E-state index is 12.5. The van der Waals surface area contributed by atoms with Crippen molar-refractivity contribution in [3.8, 4) is 11.3 Å². The van der Waals surface area contributed by atoms with Gasteiger partial charge in [-0.3, -0.25) is 9.89 Å². The van der Waals surface area contributed by atoms with Gasteiger partial charge >= 0.3 is 0 Å². The third kappa shape index (κ3) is 4.11. The van der Waals surface area contributed by atoms with Gasteiger partial charge in [0.15, 0.2) is 0 Å². The van der Waals surface area contributed by atoms with Crippen molar-refractivity contribution in [2.45, 2.75) is 18.9 Å². The van der Waals surface area contributed by atoms with Crippen LogP contribution in [0.5, 0.6) is 0 Å². The van der Waals surface area contributed by atoms with Crippen LogP contribution >= 0.6 is 11.6 Å². The predicted molar refractivity (Wildman–Crippen MR) is 106 cm³/mol. The first-order chi connectivity index (χ1) is 13.2. The maximum Gasteiger partial charge on any atom is 0.269 e. The van der Waals surface area contributed by atoms with Gasteiger partial charge in [-0.1, -0.05) is 29.8 Å². The highest BCUT2D eigenvalue weighted by atomic mass is 35.5. The number of H-pyrrole nitrogens is 1. The van der Waals surface area contributed by atoms with E-state index in [1.54, 1.807) is 24.4 Å². The first-order valence-corrected chi connectivity index (χ1v) is 9.35. The molecule has 0 atom stereocenters. The van der Waals surface area contributed by atoms with Crippen LogP contribution in [-0.4, -0.2) is 40.2 Å². The Morgan fingerprint density at radius 3 is 2.63 bits per heavy atom. The molecular formula is C20H20ClN5O. The van der Waals surface area contributed by atoms with Crippen molar-refractivity contribution in [2.24, 2.45) is 0 Å². The second kappa shape index (κ2) is 7.80. The van der Waals surface area contributed by atoms with Crippen LogP contribution in [0.15, 0.2) is 54.7 Å². The molecule has 0 saturated carbocycles. The second-order valence-corrected chi connectivity index (χ2v) is 7.03. The number of anilines is 1. The van der Waals surface area contributed by atoms with Crippen LogP contribution in [0.2, 0.25) is 5.02 Å². The van der Waals surface area contributed by atoms with E-state index in [1.165, 1.54) is 0 Å². The minimum atomic E-state index is -0.126. The number of hydrogen-bond acceptors (Lipinski definition) is 4. The number of pyridine rings is 1. The smallest absolute Gasteiger partial charge is 0.269 e. The monoisotopic (exact) mass is 381 g/mol. The molecule has 2 aromatic heterocycles. The van der Waals surface area contributed by atoms with Crippen molar-refractivity contribution in [1.29, 1.82) is 0 Å². The highest BCUT2D eigenvalue weighted by molar-refractivity contribution is 6.30. The molecule has 6 nitrogen and oxygen atoms in total. The summed E-state index contributed by atoms with van der Waals surface area (Å²) in [4.78, 5) is 19.2. The van der Waals surface area contributed by atoms with Gasteiger partial charge in [0.1, 0.15) is 11.5 Å². The summed E-state index contributed by atoms with van der Waals surface area (Å²) in [5, 5.41) is 10.8. The molecule has 4 rings (SSSR count). The molecule has 0 unspecified atom stereocenters. The number of aromatic amines is 1. The number of benzene rings is 1. The van der Waals surface area contributed by atoms with Gasteiger partial charge in [-0.25, -0.2) is 4.98 Å². The summed E-state index contributed by atoms with van der Waals surface area (Å²) in [6.07, 6.45) is 3.58. The fraction of sp³-hybridized carbons (Fsp3) is 0.250. The molecule has 27 heavy (non-hydrogen) atoms. The lowest BCUT2D eigenvalue weighted by Gasteiger charge is -2.33. The van der Waals surface area contributed by atoms with Crippen LogP contribution in [0, 0.1) is 0 Å². The highest BCUT2D eigenvalue weighted by Gasteiger charge is 2.22. The molecule has 1 aliphatic heterocycles. The summed E-state index contributed by atoms with van der Waals surface area (Å²) in [5.74, 6) is 0.863. The van der Waals surface area contributed by atoms with Crippen molar-refractivity contribution in [2.75, 3.05) is 18.0 Å². The number of piperidine rings is 1. The molecule has 3 aromatic rings. The van der Waals surface area contributed by atoms with E-state index in [0.29, 0.717) is 10.7 Å². The summed E-state index contributed by atoms with van der Waals surface area (Å²) >= 11 is 5.91. The molecule has 0 aliphatic carbocycles. The Morgan fingerprint density at radius 2 is 1.93 bits per heavy atom. The zero-order chi connectivity index (χ0) is 18.6. The number of halogens is 1. The quantitative estimate of drug-likeness (QED) is 0.725. The van der Waals surface area contributed by atoms with E-state index in [2.05, 4.69) is 25.4 Å². The van der Waals surface area contributed by atoms with Crippen LogP contribution in [0.3, 0.4) is 0 Å². The molecular weight excluding hydrogens is 362 g/mol. The van der Waals surface area contributed by atoms with Crippen LogP contribution in [0.1, 0.15) is 23.3 Å². The number of aromatic nitrogens is 3. The zero-order valence-electron chi connectivity index (χ0n) is 14.7. The number of amides is 1. The van der Waals surface area contributed by atoms with E-state index in [1.807, 2.05) is 30.3 Å². The van der Waals surface area contributed by atoms with Gasteiger partial charge in [0, 0.05) is 35.9 Å². The number of nitrogens with zero attached hydrogens (tertiary/aromatic N) is 3. The number of rotatable bonds is 4. The molecule has 0 spiro atoms. The Kier molecular flexibility index (Phi) is 5.07. The second-order valence-electron chi connectivity index (χ2n) is 6.60. The topological polar surface area (TPSA) is 73.9 Å².